The lowest BCUT2D eigenvalue weighted by molar-refractivity contribution is -0.139. The lowest BCUT2D eigenvalue weighted by atomic mass is 9.99. The molecule has 2 aromatic heterocycles. The van der Waals surface area contributed by atoms with Crippen LogP contribution in [0.2, 0.25) is 0 Å². The van der Waals surface area contributed by atoms with E-state index < -0.39 is 6.04 Å². The Balaban J connectivity index is 1.58. The van der Waals surface area contributed by atoms with E-state index in [0.29, 0.717) is 31.6 Å². The predicted octanol–water partition coefficient (Wildman–Crippen LogP) is 3.89. The molecule has 0 unspecified atom stereocenters. The molecule has 0 aliphatic carbocycles. The molecule has 0 radical (unpaired) electrons. The van der Waals surface area contributed by atoms with Crippen molar-refractivity contribution in [2.24, 2.45) is 0 Å². The Kier molecular flexibility index (Phi) is 6.05. The number of piperazine rings is 1. The fourth-order valence-electron chi connectivity index (χ4n) is 3.75. The van der Waals surface area contributed by atoms with E-state index in [4.69, 9.17) is 0 Å². The van der Waals surface area contributed by atoms with E-state index in [2.05, 4.69) is 35.1 Å². The van der Waals surface area contributed by atoms with Gasteiger partial charge in [0.05, 0.1) is 0 Å². The first-order chi connectivity index (χ1) is 14.7. The van der Waals surface area contributed by atoms with Gasteiger partial charge < -0.3 is 9.80 Å². The molecule has 5 nitrogen and oxygen atoms in total. The van der Waals surface area contributed by atoms with Crippen LogP contribution < -0.4 is 0 Å². The van der Waals surface area contributed by atoms with E-state index in [0.717, 1.165) is 11.1 Å². The van der Waals surface area contributed by atoms with Crippen LogP contribution in [0.5, 0.6) is 0 Å². The number of hydrogen-bond donors (Lipinski definition) is 0. The quantitative estimate of drug-likeness (QED) is 0.572. The Morgan fingerprint density at radius 2 is 1.90 bits per heavy atom. The van der Waals surface area contributed by atoms with Crippen molar-refractivity contribution in [3.8, 4) is 10.4 Å². The topological polar surface area (TPSA) is 53.5 Å². The highest BCUT2D eigenvalue weighted by atomic mass is 32.1. The van der Waals surface area contributed by atoms with Gasteiger partial charge in [0.2, 0.25) is 5.91 Å². The molecule has 1 aromatic carbocycles. The largest absolute Gasteiger partial charge is 0.335 e. The number of benzene rings is 1. The average molecular weight is 418 g/mol. The molecule has 1 atom stereocenters. The van der Waals surface area contributed by atoms with Crippen LogP contribution in [0.4, 0.5) is 0 Å². The molecule has 30 heavy (non-hydrogen) atoms. The van der Waals surface area contributed by atoms with Crippen molar-refractivity contribution in [3.63, 3.8) is 0 Å². The number of carbonyl (C=O) groups is 2. The zero-order chi connectivity index (χ0) is 20.9. The van der Waals surface area contributed by atoms with Crippen molar-refractivity contribution in [1.82, 2.24) is 14.8 Å². The average Bonchev–Trinajstić information content (AvgIpc) is 3.32. The third-order valence-corrected chi connectivity index (χ3v) is 6.23. The molecule has 0 spiro atoms. The Morgan fingerprint density at radius 1 is 1.13 bits per heavy atom. The van der Waals surface area contributed by atoms with Crippen molar-refractivity contribution < 1.29 is 9.59 Å². The normalized spacial score (nSPS) is 16.5. The highest BCUT2D eigenvalue weighted by Gasteiger charge is 2.37. The monoisotopic (exact) mass is 417 g/mol. The maximum absolute atomic E-state index is 13.2. The van der Waals surface area contributed by atoms with Crippen LogP contribution in [0.15, 0.2) is 79.0 Å². The summed E-state index contributed by atoms with van der Waals surface area (Å²) in [4.78, 5) is 35.0. The summed E-state index contributed by atoms with van der Waals surface area (Å²) in [5.74, 6) is -0.171. The molecule has 1 saturated heterocycles. The lowest BCUT2D eigenvalue weighted by Crippen LogP contribution is -2.59. The Morgan fingerprint density at radius 3 is 2.57 bits per heavy atom. The second-order valence-corrected chi connectivity index (χ2v) is 8.15. The molecule has 1 fully saturated rings. The number of rotatable bonds is 6. The minimum atomic E-state index is -0.535. The first-order valence-corrected chi connectivity index (χ1v) is 10.8. The van der Waals surface area contributed by atoms with Crippen molar-refractivity contribution >= 4 is 23.2 Å². The van der Waals surface area contributed by atoms with E-state index in [1.807, 2.05) is 18.2 Å². The first kappa shape index (κ1) is 20.0. The highest BCUT2D eigenvalue weighted by molar-refractivity contribution is 7.13. The molecule has 0 N–H and O–H groups in total. The summed E-state index contributed by atoms with van der Waals surface area (Å²) in [6.07, 6.45) is 5.40. The van der Waals surface area contributed by atoms with Gasteiger partial charge in [-0.15, -0.1) is 17.9 Å². The molecule has 0 saturated carbocycles. The van der Waals surface area contributed by atoms with Gasteiger partial charge >= 0.3 is 0 Å². The number of amides is 2. The fraction of sp³-hybridized carbons (Fsp3) is 0.208. The van der Waals surface area contributed by atoms with Gasteiger partial charge in [0.15, 0.2) is 0 Å². The van der Waals surface area contributed by atoms with Crippen LogP contribution >= 0.6 is 11.3 Å². The molecule has 3 heterocycles. The van der Waals surface area contributed by atoms with Gasteiger partial charge in [0.25, 0.3) is 5.91 Å². The van der Waals surface area contributed by atoms with Gasteiger partial charge in [-0.3, -0.25) is 14.6 Å². The fourth-order valence-corrected chi connectivity index (χ4v) is 4.48. The van der Waals surface area contributed by atoms with Gasteiger partial charge in [-0.05, 0) is 34.7 Å². The molecule has 1 aliphatic rings. The number of hydrogen-bond acceptors (Lipinski definition) is 4. The van der Waals surface area contributed by atoms with Crippen LogP contribution in [-0.2, 0) is 11.2 Å². The van der Waals surface area contributed by atoms with Crippen molar-refractivity contribution in [2.75, 3.05) is 19.6 Å². The number of nitrogens with zero attached hydrogens (tertiary/aromatic N) is 3. The smallest absolute Gasteiger partial charge is 0.254 e. The summed E-state index contributed by atoms with van der Waals surface area (Å²) in [6, 6.07) is 15.2. The Bertz CT molecular complexity index is 1020. The van der Waals surface area contributed by atoms with Crippen LogP contribution in [0.3, 0.4) is 0 Å². The number of pyridine rings is 1. The second kappa shape index (κ2) is 9.05. The van der Waals surface area contributed by atoms with Crippen LogP contribution in [-0.4, -0.2) is 52.3 Å². The van der Waals surface area contributed by atoms with Crippen molar-refractivity contribution in [3.05, 3.63) is 90.1 Å². The van der Waals surface area contributed by atoms with Crippen LogP contribution in [0, 0.1) is 0 Å². The van der Waals surface area contributed by atoms with E-state index in [1.54, 1.807) is 51.7 Å². The summed E-state index contributed by atoms with van der Waals surface area (Å²) < 4.78 is 0. The summed E-state index contributed by atoms with van der Waals surface area (Å²) in [6.45, 7) is 5.25. The molecule has 152 valence electrons. The SMILES string of the molecule is C=CCN1CCN(C(=O)c2ccncc2)[C@@H](Cc2ccc(-c3cccs3)cc2)C1=O. The van der Waals surface area contributed by atoms with E-state index in [9.17, 15) is 9.59 Å². The maximum Gasteiger partial charge on any atom is 0.254 e. The number of carbonyl (C=O) groups excluding carboxylic acids is 2. The lowest BCUT2D eigenvalue weighted by Gasteiger charge is -2.40. The Labute approximate surface area is 180 Å². The number of aromatic nitrogens is 1. The third-order valence-electron chi connectivity index (χ3n) is 5.31. The molecular formula is C24H23N3O2S. The molecule has 2 amide bonds. The molecule has 1 aliphatic heterocycles. The Hall–Kier alpha value is -3.25. The van der Waals surface area contributed by atoms with Gasteiger partial charge in [-0.25, -0.2) is 0 Å². The summed E-state index contributed by atoms with van der Waals surface area (Å²) in [7, 11) is 0. The van der Waals surface area contributed by atoms with Crippen molar-refractivity contribution in [2.45, 2.75) is 12.5 Å². The van der Waals surface area contributed by atoms with Gasteiger partial charge in [0.1, 0.15) is 6.04 Å². The van der Waals surface area contributed by atoms with E-state index in [1.165, 1.54) is 4.88 Å². The molecule has 3 aromatic rings. The predicted molar refractivity (Wildman–Crippen MR) is 119 cm³/mol. The highest BCUT2D eigenvalue weighted by Crippen LogP contribution is 2.26. The second-order valence-electron chi connectivity index (χ2n) is 7.20. The summed E-state index contributed by atoms with van der Waals surface area (Å²) >= 11 is 1.70. The van der Waals surface area contributed by atoms with Crippen LogP contribution in [0.1, 0.15) is 15.9 Å². The summed E-state index contributed by atoms with van der Waals surface area (Å²) in [5.41, 5.74) is 2.73. The van der Waals surface area contributed by atoms with Crippen LogP contribution in [0.25, 0.3) is 10.4 Å². The molecule has 4 rings (SSSR count). The van der Waals surface area contributed by atoms with E-state index >= 15 is 0 Å². The zero-order valence-electron chi connectivity index (χ0n) is 16.6. The van der Waals surface area contributed by atoms with Gasteiger partial charge in [-0.1, -0.05) is 36.4 Å². The van der Waals surface area contributed by atoms with E-state index in [-0.39, 0.29) is 11.8 Å². The van der Waals surface area contributed by atoms with Crippen molar-refractivity contribution in [1.29, 1.82) is 0 Å². The first-order valence-electron chi connectivity index (χ1n) is 9.91. The standard InChI is InChI=1S/C24H23N3O2S/c1-2-13-26-14-15-27(23(28)20-9-11-25-12-10-20)21(24(26)29)17-18-5-7-19(8-6-18)22-4-3-16-30-22/h2-12,16,21H,1,13-15,17H2/t21-/m0/s1. The zero-order valence-corrected chi connectivity index (χ0v) is 17.4. The minimum absolute atomic E-state index is 0.0362. The van der Waals surface area contributed by atoms with Gasteiger partial charge in [-0.2, -0.15) is 0 Å². The third kappa shape index (κ3) is 4.19. The molecular weight excluding hydrogens is 394 g/mol. The maximum atomic E-state index is 13.2. The summed E-state index contributed by atoms with van der Waals surface area (Å²) in [5, 5.41) is 2.06. The van der Waals surface area contributed by atoms with Gasteiger partial charge in [0, 0.05) is 48.9 Å². The number of thiophene rings is 1. The molecule has 0 bridgehead atoms. The minimum Gasteiger partial charge on any atom is -0.335 e. The molecule has 6 heteroatoms.